The fraction of sp³-hybridized carbons (Fsp3) is 0.300. The number of para-hydroxylation sites is 1. The molecule has 1 aliphatic heterocycles. The zero-order valence-electron chi connectivity index (χ0n) is 7.24. The van der Waals surface area contributed by atoms with Gasteiger partial charge in [-0.1, -0.05) is 23.7 Å². The van der Waals surface area contributed by atoms with Crippen LogP contribution in [-0.4, -0.2) is 12.0 Å². The van der Waals surface area contributed by atoms with Crippen molar-refractivity contribution in [3.8, 4) is 5.75 Å². The second kappa shape index (κ2) is 2.42. The highest BCUT2D eigenvalue weighted by Gasteiger charge is 2.62. The molecule has 1 aromatic carbocycles. The van der Waals surface area contributed by atoms with Crippen LogP contribution in [0.2, 0.25) is 5.02 Å². The van der Waals surface area contributed by atoms with Gasteiger partial charge in [0.25, 0.3) is 0 Å². The molecule has 3 rings (SSSR count). The molecule has 1 aromatic rings. The maximum atomic E-state index is 11.0. The van der Waals surface area contributed by atoms with E-state index in [1.54, 1.807) is 6.07 Å². The largest absolute Gasteiger partial charge is 0.487 e. The predicted octanol–water partition coefficient (Wildman–Crippen LogP) is 1.30. The van der Waals surface area contributed by atoms with Crippen molar-refractivity contribution in [1.82, 2.24) is 0 Å². The lowest BCUT2D eigenvalue weighted by molar-refractivity contribution is -0.119. The molecule has 2 aliphatic rings. The number of carbonyl (C=O) groups excluding carboxylic acids is 1. The zero-order chi connectivity index (χ0) is 9.87. The number of primary amides is 1. The Morgan fingerprint density at radius 2 is 2.29 bits per heavy atom. The monoisotopic (exact) mass is 209 g/mol. The van der Waals surface area contributed by atoms with Crippen LogP contribution in [0.1, 0.15) is 11.5 Å². The van der Waals surface area contributed by atoms with Crippen LogP contribution < -0.4 is 10.5 Å². The average molecular weight is 210 g/mol. The van der Waals surface area contributed by atoms with Crippen LogP contribution >= 0.6 is 11.6 Å². The zero-order valence-corrected chi connectivity index (χ0v) is 7.99. The van der Waals surface area contributed by atoms with Gasteiger partial charge in [-0.25, -0.2) is 0 Å². The molecular formula is C10H8ClNO2. The van der Waals surface area contributed by atoms with Gasteiger partial charge in [0.2, 0.25) is 5.91 Å². The van der Waals surface area contributed by atoms with Crippen molar-refractivity contribution in [1.29, 1.82) is 0 Å². The number of hydrogen-bond acceptors (Lipinski definition) is 2. The summed E-state index contributed by atoms with van der Waals surface area (Å²) in [6.07, 6.45) is -0.0672. The summed E-state index contributed by atoms with van der Waals surface area (Å²) in [6, 6.07) is 5.59. The number of benzene rings is 1. The summed E-state index contributed by atoms with van der Waals surface area (Å²) in [5, 5.41) is 0.609. The molecule has 0 radical (unpaired) electrons. The van der Waals surface area contributed by atoms with Gasteiger partial charge in [0.05, 0.1) is 10.9 Å². The van der Waals surface area contributed by atoms with E-state index in [0.717, 1.165) is 11.3 Å². The first-order valence-electron chi connectivity index (χ1n) is 4.44. The SMILES string of the molecule is NC(=O)[C@H]1[C@@H]2Oc3c(Cl)cccc3[C@@H]21. The third-order valence-electron chi connectivity index (χ3n) is 2.89. The summed E-state index contributed by atoms with van der Waals surface area (Å²) >= 11 is 5.94. The first-order valence-corrected chi connectivity index (χ1v) is 4.82. The predicted molar refractivity (Wildman–Crippen MR) is 51.3 cm³/mol. The Labute approximate surface area is 85.8 Å². The number of halogens is 1. The van der Waals surface area contributed by atoms with Crippen molar-refractivity contribution < 1.29 is 9.53 Å². The Balaban J connectivity index is 2.03. The number of nitrogens with two attached hydrogens (primary N) is 1. The molecule has 2 N–H and O–H groups in total. The lowest BCUT2D eigenvalue weighted by Gasteiger charge is -2.07. The van der Waals surface area contributed by atoms with Crippen molar-refractivity contribution in [2.75, 3.05) is 0 Å². The fourth-order valence-electron chi connectivity index (χ4n) is 2.19. The van der Waals surface area contributed by atoms with Crippen LogP contribution in [0.5, 0.6) is 5.75 Å². The van der Waals surface area contributed by atoms with E-state index >= 15 is 0 Å². The van der Waals surface area contributed by atoms with Crippen LogP contribution in [0.4, 0.5) is 0 Å². The first-order chi connectivity index (χ1) is 6.70. The van der Waals surface area contributed by atoms with Crippen LogP contribution in [-0.2, 0) is 4.79 Å². The van der Waals surface area contributed by atoms with Gasteiger partial charge in [-0.3, -0.25) is 4.79 Å². The third kappa shape index (κ3) is 0.852. The van der Waals surface area contributed by atoms with Crippen molar-refractivity contribution in [3.63, 3.8) is 0 Å². The Morgan fingerprint density at radius 3 is 3.00 bits per heavy atom. The van der Waals surface area contributed by atoms with Gasteiger partial charge in [-0.05, 0) is 6.07 Å². The lowest BCUT2D eigenvalue weighted by atomic mass is 10.1. The van der Waals surface area contributed by atoms with E-state index in [-0.39, 0.29) is 23.8 Å². The number of carbonyl (C=O) groups is 1. The molecule has 1 saturated carbocycles. The first kappa shape index (κ1) is 8.12. The summed E-state index contributed by atoms with van der Waals surface area (Å²) in [6.45, 7) is 0. The van der Waals surface area contributed by atoms with E-state index in [0.29, 0.717) is 5.02 Å². The van der Waals surface area contributed by atoms with Gasteiger partial charge < -0.3 is 10.5 Å². The molecule has 4 heteroatoms. The van der Waals surface area contributed by atoms with Crippen molar-refractivity contribution in [2.45, 2.75) is 12.0 Å². The van der Waals surface area contributed by atoms with Gasteiger partial charge in [0.1, 0.15) is 11.9 Å². The van der Waals surface area contributed by atoms with E-state index in [1.165, 1.54) is 0 Å². The summed E-state index contributed by atoms with van der Waals surface area (Å²) in [5.41, 5.74) is 6.25. The normalized spacial score (nSPS) is 31.6. The molecule has 1 heterocycles. The summed E-state index contributed by atoms with van der Waals surface area (Å²) in [4.78, 5) is 11.0. The lowest BCUT2D eigenvalue weighted by Crippen LogP contribution is -2.18. The minimum Gasteiger partial charge on any atom is -0.487 e. The number of rotatable bonds is 1. The third-order valence-corrected chi connectivity index (χ3v) is 3.19. The molecule has 3 nitrogen and oxygen atoms in total. The van der Waals surface area contributed by atoms with E-state index in [1.807, 2.05) is 12.1 Å². The Bertz CT molecular complexity index is 432. The number of amides is 1. The highest BCUT2D eigenvalue weighted by Crippen LogP contribution is 2.59. The van der Waals surface area contributed by atoms with E-state index < -0.39 is 0 Å². The molecule has 1 fully saturated rings. The average Bonchev–Trinajstić information content (AvgIpc) is 2.73. The maximum Gasteiger partial charge on any atom is 0.225 e. The standard InChI is InChI=1S/C10H8ClNO2/c11-5-3-1-2-4-6-7(10(12)13)9(6)14-8(4)5/h1-3,6-7,9H,(H2,12,13)/t6-,7-,9-/m1/s1. The molecule has 14 heavy (non-hydrogen) atoms. The highest BCUT2D eigenvalue weighted by molar-refractivity contribution is 6.32. The highest BCUT2D eigenvalue weighted by atomic mass is 35.5. The molecule has 1 amide bonds. The molecule has 0 spiro atoms. The maximum absolute atomic E-state index is 11.0. The van der Waals surface area contributed by atoms with E-state index in [2.05, 4.69) is 0 Å². The minimum atomic E-state index is -0.286. The molecule has 0 unspecified atom stereocenters. The molecule has 0 saturated heterocycles. The van der Waals surface area contributed by atoms with Gasteiger partial charge in [-0.2, -0.15) is 0 Å². The Kier molecular flexibility index (Phi) is 1.40. The molecule has 3 atom stereocenters. The van der Waals surface area contributed by atoms with Crippen molar-refractivity contribution >= 4 is 17.5 Å². The topological polar surface area (TPSA) is 52.3 Å². The quantitative estimate of drug-likeness (QED) is 0.758. The van der Waals surface area contributed by atoms with Crippen LogP contribution in [0.3, 0.4) is 0 Å². The summed E-state index contributed by atoms with van der Waals surface area (Å²) in [7, 11) is 0. The second-order valence-corrected chi connectivity index (χ2v) is 4.10. The fourth-order valence-corrected chi connectivity index (χ4v) is 2.41. The van der Waals surface area contributed by atoms with Crippen LogP contribution in [0, 0.1) is 5.92 Å². The molecule has 0 bridgehead atoms. The molecule has 1 aliphatic carbocycles. The Hall–Kier alpha value is -1.22. The van der Waals surface area contributed by atoms with Gasteiger partial charge in [0, 0.05) is 11.5 Å². The van der Waals surface area contributed by atoms with E-state index in [4.69, 9.17) is 22.1 Å². The van der Waals surface area contributed by atoms with Crippen molar-refractivity contribution in [3.05, 3.63) is 28.8 Å². The van der Waals surface area contributed by atoms with Gasteiger partial charge in [-0.15, -0.1) is 0 Å². The van der Waals surface area contributed by atoms with Gasteiger partial charge >= 0.3 is 0 Å². The van der Waals surface area contributed by atoms with E-state index in [9.17, 15) is 4.79 Å². The molecule has 72 valence electrons. The van der Waals surface area contributed by atoms with Gasteiger partial charge in [0.15, 0.2) is 0 Å². The number of hydrogen-bond donors (Lipinski definition) is 1. The minimum absolute atomic E-state index is 0.0672. The Morgan fingerprint density at radius 1 is 1.50 bits per heavy atom. The molecule has 0 aromatic heterocycles. The van der Waals surface area contributed by atoms with Crippen LogP contribution in [0.25, 0.3) is 0 Å². The number of ether oxygens (including phenoxy) is 1. The van der Waals surface area contributed by atoms with Crippen molar-refractivity contribution in [2.24, 2.45) is 11.7 Å². The van der Waals surface area contributed by atoms with Crippen LogP contribution in [0.15, 0.2) is 18.2 Å². The number of fused-ring (bicyclic) bond motifs is 3. The smallest absolute Gasteiger partial charge is 0.225 e. The second-order valence-electron chi connectivity index (χ2n) is 3.69. The molecular weight excluding hydrogens is 202 g/mol. The summed E-state index contributed by atoms with van der Waals surface area (Å²) < 4.78 is 5.55. The summed E-state index contributed by atoms with van der Waals surface area (Å²) in [5.74, 6) is 0.425.